The number of fused-ring (bicyclic) bond motifs is 2. The van der Waals surface area contributed by atoms with Crippen LogP contribution < -0.4 is 16.4 Å². The number of benzene rings is 1. The van der Waals surface area contributed by atoms with Gasteiger partial charge in [-0.25, -0.2) is 9.67 Å². The van der Waals surface area contributed by atoms with Gasteiger partial charge in [0.15, 0.2) is 0 Å². The highest BCUT2D eigenvalue weighted by Gasteiger charge is 2.28. The molecule has 9 heteroatoms. The van der Waals surface area contributed by atoms with E-state index in [2.05, 4.69) is 53.5 Å². The molecule has 38 heavy (non-hydrogen) atoms. The molecule has 0 aliphatic carbocycles. The van der Waals surface area contributed by atoms with Crippen molar-refractivity contribution >= 4 is 29.1 Å². The SMILES string of the molecule is Cc1cccc(NC(=O)c2cnc(-c3nn4c(c3C(N)=O)Nc3ccc(C(C)(C)C)cc3CC4)cc2C)n1. The summed E-state index contributed by atoms with van der Waals surface area (Å²) in [6.45, 7) is 10.8. The van der Waals surface area contributed by atoms with Crippen LogP contribution in [0.15, 0.2) is 48.7 Å². The van der Waals surface area contributed by atoms with Gasteiger partial charge in [-0.1, -0.05) is 39.0 Å². The number of rotatable bonds is 4. The van der Waals surface area contributed by atoms with Crippen molar-refractivity contribution in [3.05, 3.63) is 82.2 Å². The van der Waals surface area contributed by atoms with Crippen LogP contribution in [-0.2, 0) is 18.4 Å². The van der Waals surface area contributed by atoms with Crippen LogP contribution in [0.4, 0.5) is 17.3 Å². The number of amides is 2. The van der Waals surface area contributed by atoms with Crippen LogP contribution >= 0.6 is 0 Å². The number of aromatic nitrogens is 4. The first-order valence-corrected chi connectivity index (χ1v) is 12.5. The lowest BCUT2D eigenvalue weighted by atomic mass is 9.85. The fourth-order valence-electron chi connectivity index (χ4n) is 4.63. The molecule has 1 aliphatic heterocycles. The molecule has 0 unspecified atom stereocenters. The van der Waals surface area contributed by atoms with Crippen LogP contribution in [0.2, 0.25) is 0 Å². The van der Waals surface area contributed by atoms with Crippen LogP contribution in [0.5, 0.6) is 0 Å². The van der Waals surface area contributed by atoms with Crippen molar-refractivity contribution in [3.8, 4) is 11.4 Å². The van der Waals surface area contributed by atoms with Crippen molar-refractivity contribution in [2.75, 3.05) is 10.6 Å². The number of aryl methyl sites for hydroxylation is 4. The molecule has 4 aromatic rings. The molecule has 9 nitrogen and oxygen atoms in total. The van der Waals surface area contributed by atoms with Crippen molar-refractivity contribution in [3.63, 3.8) is 0 Å². The number of carbonyl (C=O) groups excluding carboxylic acids is 2. The molecule has 0 bridgehead atoms. The number of anilines is 3. The van der Waals surface area contributed by atoms with Gasteiger partial charge in [-0.05, 0) is 66.6 Å². The van der Waals surface area contributed by atoms with Gasteiger partial charge in [0.1, 0.15) is 22.9 Å². The Morgan fingerprint density at radius 3 is 2.58 bits per heavy atom. The summed E-state index contributed by atoms with van der Waals surface area (Å²) in [6, 6.07) is 13.5. The average Bonchev–Trinajstić information content (AvgIpc) is 3.11. The molecular weight excluding hydrogens is 478 g/mol. The van der Waals surface area contributed by atoms with Gasteiger partial charge in [0.25, 0.3) is 11.8 Å². The number of nitrogens with zero attached hydrogens (tertiary/aromatic N) is 4. The van der Waals surface area contributed by atoms with Crippen LogP contribution in [0, 0.1) is 13.8 Å². The molecule has 4 N–H and O–H groups in total. The molecule has 1 aliphatic rings. The summed E-state index contributed by atoms with van der Waals surface area (Å²) in [5, 5.41) is 10.9. The molecular formula is C29H31N7O2. The summed E-state index contributed by atoms with van der Waals surface area (Å²) in [7, 11) is 0. The van der Waals surface area contributed by atoms with Gasteiger partial charge < -0.3 is 16.4 Å². The Hall–Kier alpha value is -4.53. The lowest BCUT2D eigenvalue weighted by Gasteiger charge is -2.21. The molecule has 0 radical (unpaired) electrons. The molecule has 5 rings (SSSR count). The molecule has 0 saturated heterocycles. The zero-order valence-corrected chi connectivity index (χ0v) is 22.2. The Morgan fingerprint density at radius 2 is 1.89 bits per heavy atom. The summed E-state index contributed by atoms with van der Waals surface area (Å²) >= 11 is 0. The van der Waals surface area contributed by atoms with Crippen molar-refractivity contribution in [1.82, 2.24) is 19.7 Å². The maximum Gasteiger partial charge on any atom is 0.258 e. The number of primary amides is 1. The van der Waals surface area contributed by atoms with E-state index in [1.807, 2.05) is 32.0 Å². The maximum absolute atomic E-state index is 12.9. The third-order valence-electron chi connectivity index (χ3n) is 6.74. The van der Waals surface area contributed by atoms with E-state index in [1.165, 1.54) is 11.8 Å². The van der Waals surface area contributed by atoms with E-state index in [-0.39, 0.29) is 16.9 Å². The van der Waals surface area contributed by atoms with E-state index in [0.717, 1.165) is 23.4 Å². The van der Waals surface area contributed by atoms with Gasteiger partial charge in [0, 0.05) is 24.1 Å². The van der Waals surface area contributed by atoms with Gasteiger partial charge in [0.05, 0.1) is 11.3 Å². The second-order valence-corrected chi connectivity index (χ2v) is 10.7. The minimum Gasteiger partial charge on any atom is -0.365 e. The summed E-state index contributed by atoms with van der Waals surface area (Å²) < 4.78 is 1.77. The Kier molecular flexibility index (Phi) is 6.22. The highest BCUT2D eigenvalue weighted by atomic mass is 16.2. The summed E-state index contributed by atoms with van der Waals surface area (Å²) in [4.78, 5) is 34.3. The first-order valence-electron chi connectivity index (χ1n) is 12.5. The first kappa shape index (κ1) is 25.1. The number of nitrogens with one attached hydrogen (secondary N) is 2. The van der Waals surface area contributed by atoms with Gasteiger partial charge in [0.2, 0.25) is 0 Å². The Labute approximate surface area is 221 Å². The van der Waals surface area contributed by atoms with Crippen LogP contribution in [0.1, 0.15) is 63.9 Å². The molecule has 0 saturated carbocycles. The smallest absolute Gasteiger partial charge is 0.258 e. The Bertz CT molecular complexity index is 1580. The molecule has 4 heterocycles. The number of hydrogen-bond acceptors (Lipinski definition) is 6. The molecule has 194 valence electrons. The lowest BCUT2D eigenvalue weighted by Crippen LogP contribution is -2.16. The minimum absolute atomic E-state index is 0.0314. The molecule has 0 fully saturated rings. The third kappa shape index (κ3) is 4.74. The van der Waals surface area contributed by atoms with Gasteiger partial charge in [-0.3, -0.25) is 14.6 Å². The normalized spacial score (nSPS) is 12.7. The fraction of sp³-hybridized carbons (Fsp3) is 0.276. The zero-order chi connectivity index (χ0) is 27.2. The molecule has 0 atom stereocenters. The van der Waals surface area contributed by atoms with E-state index in [9.17, 15) is 9.59 Å². The monoisotopic (exact) mass is 509 g/mol. The number of nitrogens with two attached hydrogens (primary N) is 1. The molecule has 3 aromatic heterocycles. The predicted octanol–water partition coefficient (Wildman–Crippen LogP) is 4.91. The molecule has 0 spiro atoms. The van der Waals surface area contributed by atoms with Crippen LogP contribution in [-0.4, -0.2) is 31.6 Å². The Balaban J connectivity index is 1.48. The van der Waals surface area contributed by atoms with Gasteiger partial charge in [-0.15, -0.1) is 0 Å². The summed E-state index contributed by atoms with van der Waals surface area (Å²) in [5.41, 5.74) is 12.2. The van der Waals surface area contributed by atoms with E-state index in [4.69, 9.17) is 10.8 Å². The van der Waals surface area contributed by atoms with Crippen molar-refractivity contribution in [2.24, 2.45) is 5.73 Å². The first-order chi connectivity index (χ1) is 18.0. The molecule has 2 amide bonds. The zero-order valence-electron chi connectivity index (χ0n) is 22.2. The highest BCUT2D eigenvalue weighted by Crippen LogP contribution is 2.36. The van der Waals surface area contributed by atoms with Crippen molar-refractivity contribution in [2.45, 2.75) is 53.0 Å². The van der Waals surface area contributed by atoms with Crippen LogP contribution in [0.3, 0.4) is 0 Å². The van der Waals surface area contributed by atoms with Crippen LogP contribution in [0.25, 0.3) is 11.4 Å². The van der Waals surface area contributed by atoms with Gasteiger partial charge in [-0.2, -0.15) is 5.10 Å². The van der Waals surface area contributed by atoms with Crippen molar-refractivity contribution < 1.29 is 9.59 Å². The second kappa shape index (κ2) is 9.41. The molecule has 1 aromatic carbocycles. The quantitative estimate of drug-likeness (QED) is 0.359. The number of hydrogen-bond donors (Lipinski definition) is 3. The van der Waals surface area contributed by atoms with E-state index in [1.54, 1.807) is 16.8 Å². The van der Waals surface area contributed by atoms with E-state index < -0.39 is 5.91 Å². The van der Waals surface area contributed by atoms with E-state index in [0.29, 0.717) is 40.7 Å². The Morgan fingerprint density at radius 1 is 1.11 bits per heavy atom. The topological polar surface area (TPSA) is 128 Å². The lowest BCUT2D eigenvalue weighted by molar-refractivity contribution is 0.0998. The highest BCUT2D eigenvalue weighted by molar-refractivity contribution is 6.06. The largest absolute Gasteiger partial charge is 0.365 e. The summed E-state index contributed by atoms with van der Waals surface area (Å²) in [5.74, 6) is 0.0912. The van der Waals surface area contributed by atoms with Gasteiger partial charge >= 0.3 is 0 Å². The number of carbonyl (C=O) groups is 2. The standard InChI is InChI=1S/C29H31N7O2/c1-16-13-22(31-15-20(16)28(38)34-23-8-6-7-17(2)32-23)25-24(26(30)37)27-33-21-10-9-19(29(3,4)5)14-18(21)11-12-36(27)35-25/h6-10,13-15,33H,11-12H2,1-5H3,(H2,30,37)(H,32,34,38). The second-order valence-electron chi connectivity index (χ2n) is 10.7. The maximum atomic E-state index is 12.9. The average molecular weight is 510 g/mol. The fourth-order valence-corrected chi connectivity index (χ4v) is 4.63. The predicted molar refractivity (Wildman–Crippen MR) is 148 cm³/mol. The summed E-state index contributed by atoms with van der Waals surface area (Å²) in [6.07, 6.45) is 2.24. The van der Waals surface area contributed by atoms with E-state index >= 15 is 0 Å². The van der Waals surface area contributed by atoms with Crippen molar-refractivity contribution in [1.29, 1.82) is 0 Å². The number of pyridine rings is 2. The minimum atomic E-state index is -0.602. The third-order valence-corrected chi connectivity index (χ3v) is 6.74.